The van der Waals surface area contributed by atoms with Crippen LogP contribution in [0.1, 0.15) is 5.56 Å². The smallest absolute Gasteiger partial charge is 0.286 e. The van der Waals surface area contributed by atoms with Gasteiger partial charge in [0.05, 0.1) is 40.1 Å². The molecule has 2 rings (SSSR count). The van der Waals surface area contributed by atoms with Gasteiger partial charge in [0.2, 0.25) is 0 Å². The molecule has 1 aromatic rings. The van der Waals surface area contributed by atoms with Gasteiger partial charge in [-0.3, -0.25) is 30.3 Å². The van der Waals surface area contributed by atoms with Crippen molar-refractivity contribution >= 4 is 17.1 Å². The largest absolute Gasteiger partial charge is 0.350 e. The number of nitro groups is 3. The summed E-state index contributed by atoms with van der Waals surface area (Å²) in [5.74, 6) is 0. The molecule has 0 aromatic heterocycles. The van der Waals surface area contributed by atoms with Crippen LogP contribution in [0.3, 0.4) is 0 Å². The van der Waals surface area contributed by atoms with E-state index in [4.69, 9.17) is 9.47 Å². The SMILES string of the molecule is O=[N+]([O-])c1cc([N+](=O)[O-])c(CC2OCCO2)c([N+](=O)[O-])c1. The number of ether oxygens (including phenoxy) is 2. The quantitative estimate of drug-likeness (QED) is 0.583. The zero-order valence-corrected chi connectivity index (χ0v) is 10.5. The summed E-state index contributed by atoms with van der Waals surface area (Å²) in [5.41, 5.74) is -2.38. The van der Waals surface area contributed by atoms with Gasteiger partial charge in [0.15, 0.2) is 6.29 Å². The maximum Gasteiger partial charge on any atom is 0.286 e. The summed E-state index contributed by atoms with van der Waals surface area (Å²) in [6.07, 6.45) is -1.08. The fourth-order valence-electron chi connectivity index (χ4n) is 1.96. The molecule has 0 amide bonds. The average Bonchev–Trinajstić information content (AvgIpc) is 2.90. The van der Waals surface area contributed by atoms with Gasteiger partial charge in [0, 0.05) is 6.42 Å². The monoisotopic (exact) mass is 299 g/mol. The van der Waals surface area contributed by atoms with Crippen molar-refractivity contribution in [2.45, 2.75) is 12.7 Å². The first-order chi connectivity index (χ1) is 9.90. The summed E-state index contributed by atoms with van der Waals surface area (Å²) in [5, 5.41) is 32.8. The highest BCUT2D eigenvalue weighted by atomic mass is 16.7. The van der Waals surface area contributed by atoms with E-state index in [9.17, 15) is 30.3 Å². The molecule has 0 aliphatic carbocycles. The minimum Gasteiger partial charge on any atom is -0.350 e. The van der Waals surface area contributed by atoms with E-state index in [1.807, 2.05) is 0 Å². The summed E-state index contributed by atoms with van der Waals surface area (Å²) < 4.78 is 10.2. The van der Waals surface area contributed by atoms with Crippen molar-refractivity contribution < 1.29 is 24.2 Å². The lowest BCUT2D eigenvalue weighted by Gasteiger charge is -2.09. The molecule has 0 N–H and O–H groups in total. The van der Waals surface area contributed by atoms with Crippen molar-refractivity contribution in [2.75, 3.05) is 13.2 Å². The Balaban J connectivity index is 2.54. The van der Waals surface area contributed by atoms with Crippen molar-refractivity contribution in [1.82, 2.24) is 0 Å². The Labute approximate surface area is 116 Å². The molecule has 1 fully saturated rings. The van der Waals surface area contributed by atoms with Crippen LogP contribution in [0.5, 0.6) is 0 Å². The molecule has 11 heteroatoms. The van der Waals surface area contributed by atoms with Gasteiger partial charge in [-0.1, -0.05) is 0 Å². The minimum absolute atomic E-state index is 0.232. The highest BCUT2D eigenvalue weighted by Crippen LogP contribution is 2.35. The van der Waals surface area contributed by atoms with E-state index in [2.05, 4.69) is 0 Å². The number of hydrogen-bond donors (Lipinski definition) is 0. The molecule has 21 heavy (non-hydrogen) atoms. The van der Waals surface area contributed by atoms with Gasteiger partial charge in [-0.15, -0.1) is 0 Å². The molecule has 0 spiro atoms. The molecule has 0 bridgehead atoms. The second-order valence-electron chi connectivity index (χ2n) is 4.11. The van der Waals surface area contributed by atoms with Crippen LogP contribution in [-0.2, 0) is 15.9 Å². The van der Waals surface area contributed by atoms with Crippen LogP contribution in [0, 0.1) is 30.3 Å². The third-order valence-corrected chi connectivity index (χ3v) is 2.85. The zero-order valence-electron chi connectivity index (χ0n) is 10.5. The lowest BCUT2D eigenvalue weighted by molar-refractivity contribution is -0.404. The summed E-state index contributed by atoms with van der Waals surface area (Å²) in [7, 11) is 0. The molecule has 0 atom stereocenters. The molecular weight excluding hydrogens is 290 g/mol. The number of hydrogen-bond acceptors (Lipinski definition) is 8. The zero-order chi connectivity index (χ0) is 15.6. The molecular formula is C10H9N3O8. The van der Waals surface area contributed by atoms with E-state index in [0.29, 0.717) is 12.1 Å². The molecule has 0 unspecified atom stereocenters. The topological polar surface area (TPSA) is 148 Å². The maximum atomic E-state index is 11.0. The Morgan fingerprint density at radius 1 is 0.952 bits per heavy atom. The summed E-state index contributed by atoms with van der Waals surface area (Å²) in [4.78, 5) is 30.0. The number of nitro benzene ring substituents is 3. The molecule has 0 radical (unpaired) electrons. The Hall–Kier alpha value is -2.66. The second kappa shape index (κ2) is 5.76. The van der Waals surface area contributed by atoms with E-state index >= 15 is 0 Å². The lowest BCUT2D eigenvalue weighted by Crippen LogP contribution is -2.14. The summed E-state index contributed by atoms with van der Waals surface area (Å²) in [6.45, 7) is 0.554. The summed E-state index contributed by atoms with van der Waals surface area (Å²) >= 11 is 0. The van der Waals surface area contributed by atoms with Gasteiger partial charge in [-0.05, 0) is 0 Å². The van der Waals surface area contributed by atoms with Gasteiger partial charge in [0.1, 0.15) is 5.56 Å². The van der Waals surface area contributed by atoms with Crippen molar-refractivity contribution in [3.05, 3.63) is 48.0 Å². The van der Waals surface area contributed by atoms with E-state index in [-0.39, 0.29) is 25.2 Å². The lowest BCUT2D eigenvalue weighted by atomic mass is 10.1. The van der Waals surface area contributed by atoms with Gasteiger partial charge < -0.3 is 9.47 Å². The van der Waals surface area contributed by atoms with Crippen molar-refractivity contribution in [3.8, 4) is 0 Å². The number of nitrogens with zero attached hydrogens (tertiary/aromatic N) is 3. The number of rotatable bonds is 5. The highest BCUT2D eigenvalue weighted by Gasteiger charge is 2.33. The molecule has 1 saturated heterocycles. The van der Waals surface area contributed by atoms with Crippen LogP contribution in [0.2, 0.25) is 0 Å². The van der Waals surface area contributed by atoms with Crippen molar-refractivity contribution in [2.24, 2.45) is 0 Å². The maximum absolute atomic E-state index is 11.0. The first kappa shape index (κ1) is 14.7. The van der Waals surface area contributed by atoms with Crippen molar-refractivity contribution in [1.29, 1.82) is 0 Å². The molecule has 1 aliphatic heterocycles. The van der Waals surface area contributed by atoms with Crippen LogP contribution >= 0.6 is 0 Å². The van der Waals surface area contributed by atoms with Gasteiger partial charge in [-0.25, -0.2) is 0 Å². The minimum atomic E-state index is -0.924. The predicted octanol–water partition coefficient (Wildman–Crippen LogP) is 1.33. The van der Waals surface area contributed by atoms with Crippen LogP contribution in [-0.4, -0.2) is 34.3 Å². The van der Waals surface area contributed by atoms with E-state index in [0.717, 1.165) is 0 Å². The Morgan fingerprint density at radius 2 is 1.43 bits per heavy atom. The molecule has 1 heterocycles. The second-order valence-corrected chi connectivity index (χ2v) is 4.11. The van der Waals surface area contributed by atoms with Crippen LogP contribution in [0.4, 0.5) is 17.1 Å². The van der Waals surface area contributed by atoms with E-state index in [1.165, 1.54) is 0 Å². The number of non-ortho nitro benzene ring substituents is 1. The first-order valence-electron chi connectivity index (χ1n) is 5.73. The van der Waals surface area contributed by atoms with Gasteiger partial charge in [0.25, 0.3) is 17.1 Å². The average molecular weight is 299 g/mol. The molecule has 1 aliphatic rings. The fourth-order valence-corrected chi connectivity index (χ4v) is 1.96. The van der Waals surface area contributed by atoms with Crippen LogP contribution in [0.15, 0.2) is 12.1 Å². The molecule has 112 valence electrons. The van der Waals surface area contributed by atoms with Crippen LogP contribution in [0.25, 0.3) is 0 Å². The first-order valence-corrected chi connectivity index (χ1v) is 5.73. The van der Waals surface area contributed by atoms with Crippen molar-refractivity contribution in [3.63, 3.8) is 0 Å². The highest BCUT2D eigenvalue weighted by molar-refractivity contribution is 5.60. The van der Waals surface area contributed by atoms with Gasteiger partial charge in [-0.2, -0.15) is 0 Å². The molecule has 11 nitrogen and oxygen atoms in total. The normalized spacial score (nSPS) is 15.0. The standard InChI is InChI=1S/C10H9N3O8/c14-11(15)6-3-8(12(16)17)7(9(4-6)13(18)19)5-10-20-1-2-21-10/h3-4,10H,1-2,5H2. The van der Waals surface area contributed by atoms with E-state index < -0.39 is 38.1 Å². The van der Waals surface area contributed by atoms with Gasteiger partial charge >= 0.3 is 0 Å². The van der Waals surface area contributed by atoms with E-state index in [1.54, 1.807) is 0 Å². The summed E-state index contributed by atoms with van der Waals surface area (Å²) in [6, 6.07) is 1.38. The Kier molecular flexibility index (Phi) is 4.05. The van der Waals surface area contributed by atoms with Crippen LogP contribution < -0.4 is 0 Å². The Bertz CT molecular complexity index is 575. The number of benzene rings is 1. The molecule has 0 saturated carbocycles. The third kappa shape index (κ3) is 3.09. The Morgan fingerprint density at radius 3 is 1.81 bits per heavy atom. The third-order valence-electron chi connectivity index (χ3n) is 2.85. The fraction of sp³-hybridized carbons (Fsp3) is 0.400. The predicted molar refractivity (Wildman–Crippen MR) is 65.8 cm³/mol. The molecule has 1 aromatic carbocycles.